The Morgan fingerprint density at radius 3 is 2.94 bits per heavy atom. The zero-order valence-electron chi connectivity index (χ0n) is 9.47. The molecule has 0 aliphatic carbocycles. The van der Waals surface area contributed by atoms with Crippen LogP contribution in [-0.4, -0.2) is 4.98 Å². The minimum Gasteiger partial charge on any atom is -0.486 e. The first-order valence-corrected chi connectivity index (χ1v) is 6.34. The normalized spacial score (nSPS) is 10.7. The number of hydrogen-bond acceptors (Lipinski definition) is 3. The predicted octanol–water partition coefficient (Wildman–Crippen LogP) is 4.01. The monoisotopic (exact) mass is 259 g/mol. The van der Waals surface area contributed by atoms with Gasteiger partial charge in [0.2, 0.25) is 0 Å². The van der Waals surface area contributed by atoms with E-state index in [-0.39, 0.29) is 5.82 Å². The molecule has 90 valence electrons. The van der Waals surface area contributed by atoms with Crippen molar-refractivity contribution in [1.29, 1.82) is 0 Å². The lowest BCUT2D eigenvalue weighted by atomic mass is 10.2. The molecule has 0 fully saturated rings. The van der Waals surface area contributed by atoms with Crippen LogP contribution in [0.4, 0.5) is 4.39 Å². The minimum absolute atomic E-state index is 0.184. The Morgan fingerprint density at radius 2 is 2.17 bits per heavy atom. The van der Waals surface area contributed by atoms with Crippen LogP contribution in [0.25, 0.3) is 10.1 Å². The SMILES string of the molecule is Fc1cccc2sc(COc3cccnc3)cc12. The van der Waals surface area contributed by atoms with Crippen molar-refractivity contribution in [3.8, 4) is 5.75 Å². The Balaban J connectivity index is 1.81. The van der Waals surface area contributed by atoms with Crippen LogP contribution in [-0.2, 0) is 6.61 Å². The van der Waals surface area contributed by atoms with E-state index in [4.69, 9.17) is 4.74 Å². The molecule has 2 aromatic heterocycles. The molecule has 2 nitrogen and oxygen atoms in total. The molecule has 0 aliphatic rings. The molecule has 18 heavy (non-hydrogen) atoms. The quantitative estimate of drug-likeness (QED) is 0.709. The lowest BCUT2D eigenvalue weighted by molar-refractivity contribution is 0.308. The van der Waals surface area contributed by atoms with Crippen LogP contribution in [0.15, 0.2) is 48.8 Å². The van der Waals surface area contributed by atoms with E-state index in [1.165, 1.54) is 6.07 Å². The Labute approximate surface area is 108 Å². The second-order valence-electron chi connectivity index (χ2n) is 3.84. The van der Waals surface area contributed by atoms with Crippen LogP contribution in [0.2, 0.25) is 0 Å². The fourth-order valence-corrected chi connectivity index (χ4v) is 2.73. The Morgan fingerprint density at radius 1 is 1.22 bits per heavy atom. The van der Waals surface area contributed by atoms with E-state index < -0.39 is 0 Å². The second-order valence-corrected chi connectivity index (χ2v) is 5.01. The predicted molar refractivity (Wildman–Crippen MR) is 70.4 cm³/mol. The number of ether oxygens (including phenoxy) is 1. The van der Waals surface area contributed by atoms with Gasteiger partial charge in [-0.25, -0.2) is 4.39 Å². The van der Waals surface area contributed by atoms with Gasteiger partial charge in [0.15, 0.2) is 0 Å². The third kappa shape index (κ3) is 2.19. The van der Waals surface area contributed by atoms with E-state index in [2.05, 4.69) is 4.98 Å². The topological polar surface area (TPSA) is 22.1 Å². The molecule has 0 spiro atoms. The zero-order chi connectivity index (χ0) is 12.4. The van der Waals surface area contributed by atoms with E-state index in [1.807, 2.05) is 24.3 Å². The number of nitrogens with zero attached hydrogens (tertiary/aromatic N) is 1. The number of aromatic nitrogens is 1. The number of fused-ring (bicyclic) bond motifs is 1. The van der Waals surface area contributed by atoms with Gasteiger partial charge in [-0.1, -0.05) is 6.07 Å². The van der Waals surface area contributed by atoms with Gasteiger partial charge in [-0.3, -0.25) is 4.98 Å². The number of benzene rings is 1. The summed E-state index contributed by atoms with van der Waals surface area (Å²) in [5.74, 6) is 0.534. The fourth-order valence-electron chi connectivity index (χ4n) is 1.74. The number of rotatable bonds is 3. The molecule has 0 unspecified atom stereocenters. The lowest BCUT2D eigenvalue weighted by Crippen LogP contribution is -1.92. The van der Waals surface area contributed by atoms with Crippen molar-refractivity contribution in [1.82, 2.24) is 4.98 Å². The van der Waals surface area contributed by atoms with E-state index in [0.717, 1.165) is 15.3 Å². The molecule has 0 saturated heterocycles. The largest absolute Gasteiger partial charge is 0.486 e. The molecule has 0 radical (unpaired) electrons. The molecule has 0 N–H and O–H groups in total. The fraction of sp³-hybridized carbons (Fsp3) is 0.0714. The molecule has 0 aliphatic heterocycles. The average Bonchev–Trinajstić information content (AvgIpc) is 2.82. The Hall–Kier alpha value is -1.94. The lowest BCUT2D eigenvalue weighted by Gasteiger charge is -2.02. The highest BCUT2D eigenvalue weighted by Gasteiger charge is 2.06. The summed E-state index contributed by atoms with van der Waals surface area (Å²) in [6.45, 7) is 0.435. The molecule has 0 amide bonds. The van der Waals surface area contributed by atoms with Crippen LogP contribution in [0.5, 0.6) is 5.75 Å². The molecule has 2 heterocycles. The van der Waals surface area contributed by atoms with E-state index in [1.54, 1.807) is 29.8 Å². The maximum Gasteiger partial charge on any atom is 0.138 e. The van der Waals surface area contributed by atoms with Gasteiger partial charge in [0.1, 0.15) is 18.2 Å². The van der Waals surface area contributed by atoms with Gasteiger partial charge in [-0.2, -0.15) is 0 Å². The van der Waals surface area contributed by atoms with Crippen molar-refractivity contribution >= 4 is 21.4 Å². The van der Waals surface area contributed by atoms with Gasteiger partial charge >= 0.3 is 0 Å². The van der Waals surface area contributed by atoms with Crippen molar-refractivity contribution in [3.63, 3.8) is 0 Å². The smallest absolute Gasteiger partial charge is 0.138 e. The number of pyridine rings is 1. The number of thiophene rings is 1. The van der Waals surface area contributed by atoms with Crippen molar-refractivity contribution in [2.75, 3.05) is 0 Å². The summed E-state index contributed by atoms with van der Waals surface area (Å²) in [6.07, 6.45) is 3.36. The second kappa shape index (κ2) is 4.74. The van der Waals surface area contributed by atoms with Gasteiger partial charge in [-0.05, 0) is 30.3 Å². The highest BCUT2D eigenvalue weighted by molar-refractivity contribution is 7.19. The summed E-state index contributed by atoms with van der Waals surface area (Å²) >= 11 is 1.55. The first-order valence-electron chi connectivity index (χ1n) is 5.53. The van der Waals surface area contributed by atoms with Crippen molar-refractivity contribution < 1.29 is 9.13 Å². The molecule has 0 bridgehead atoms. The van der Waals surface area contributed by atoms with Crippen molar-refractivity contribution in [3.05, 3.63) is 59.5 Å². The molecular formula is C14H10FNOS. The first kappa shape index (κ1) is 11.2. The third-order valence-corrected chi connectivity index (χ3v) is 3.65. The summed E-state index contributed by atoms with van der Waals surface area (Å²) in [6, 6.07) is 10.6. The van der Waals surface area contributed by atoms with Gasteiger partial charge in [-0.15, -0.1) is 11.3 Å². The van der Waals surface area contributed by atoms with Crippen LogP contribution in [0.3, 0.4) is 0 Å². The number of hydrogen-bond donors (Lipinski definition) is 0. The van der Waals surface area contributed by atoms with Crippen molar-refractivity contribution in [2.45, 2.75) is 6.61 Å². The van der Waals surface area contributed by atoms with Crippen LogP contribution in [0.1, 0.15) is 4.88 Å². The van der Waals surface area contributed by atoms with E-state index >= 15 is 0 Å². The molecule has 0 atom stereocenters. The Kier molecular flexibility index (Phi) is 2.94. The highest BCUT2D eigenvalue weighted by Crippen LogP contribution is 2.28. The molecule has 1 aromatic carbocycles. The summed E-state index contributed by atoms with van der Waals surface area (Å²) in [5.41, 5.74) is 0. The van der Waals surface area contributed by atoms with Crippen LogP contribution < -0.4 is 4.74 Å². The molecule has 4 heteroatoms. The maximum atomic E-state index is 13.5. The third-order valence-electron chi connectivity index (χ3n) is 2.57. The summed E-state index contributed by atoms with van der Waals surface area (Å²) in [5, 5.41) is 0.660. The highest BCUT2D eigenvalue weighted by atomic mass is 32.1. The summed E-state index contributed by atoms with van der Waals surface area (Å²) < 4.78 is 20.0. The molecular weight excluding hydrogens is 249 g/mol. The standard InChI is InChI=1S/C14H10FNOS/c15-13-4-1-5-14-12(13)7-11(18-14)9-17-10-3-2-6-16-8-10/h1-8H,9H2. The van der Waals surface area contributed by atoms with E-state index in [0.29, 0.717) is 12.0 Å². The van der Waals surface area contributed by atoms with Crippen LogP contribution in [0, 0.1) is 5.82 Å². The van der Waals surface area contributed by atoms with Gasteiger partial charge in [0, 0.05) is 21.2 Å². The zero-order valence-corrected chi connectivity index (χ0v) is 10.3. The van der Waals surface area contributed by atoms with Crippen molar-refractivity contribution in [2.24, 2.45) is 0 Å². The molecule has 0 saturated carbocycles. The first-order chi connectivity index (χ1) is 8.83. The minimum atomic E-state index is -0.184. The summed E-state index contributed by atoms with van der Waals surface area (Å²) in [4.78, 5) is 4.97. The van der Waals surface area contributed by atoms with Gasteiger partial charge in [0.25, 0.3) is 0 Å². The molecule has 3 aromatic rings. The summed E-state index contributed by atoms with van der Waals surface area (Å²) in [7, 11) is 0. The maximum absolute atomic E-state index is 13.5. The average molecular weight is 259 g/mol. The number of halogens is 1. The van der Waals surface area contributed by atoms with Gasteiger partial charge in [0.05, 0.1) is 6.20 Å². The van der Waals surface area contributed by atoms with Crippen LogP contribution >= 0.6 is 11.3 Å². The molecule has 3 rings (SSSR count). The van der Waals surface area contributed by atoms with Gasteiger partial charge < -0.3 is 4.74 Å². The van der Waals surface area contributed by atoms with E-state index in [9.17, 15) is 4.39 Å². The Bertz CT molecular complexity index is 666.